The van der Waals surface area contributed by atoms with Crippen LogP contribution in [0.2, 0.25) is 0 Å². The van der Waals surface area contributed by atoms with E-state index in [4.69, 9.17) is 0 Å². The van der Waals surface area contributed by atoms with Crippen LogP contribution in [-0.4, -0.2) is 21.3 Å². The SMILES string of the molecule is CC(C)(C)c1cc(Br)ccc1-n1c2c(c(-c3ccccc3)cc1=O)C(=O)N(Cc1ccccc1)C2=O. The number of aromatic nitrogens is 1. The van der Waals surface area contributed by atoms with Crippen molar-refractivity contribution >= 4 is 27.7 Å². The summed E-state index contributed by atoms with van der Waals surface area (Å²) in [5.41, 5.74) is 3.18. The van der Waals surface area contributed by atoms with Gasteiger partial charge in [0.1, 0.15) is 5.69 Å². The van der Waals surface area contributed by atoms with Crippen LogP contribution < -0.4 is 5.56 Å². The summed E-state index contributed by atoms with van der Waals surface area (Å²) in [7, 11) is 0. The lowest BCUT2D eigenvalue weighted by atomic mass is 9.85. The Bertz CT molecular complexity index is 1550. The van der Waals surface area contributed by atoms with Gasteiger partial charge in [0.15, 0.2) is 0 Å². The maximum atomic E-state index is 13.9. The number of fused-ring (bicyclic) bond motifs is 1. The van der Waals surface area contributed by atoms with Crippen LogP contribution >= 0.6 is 15.9 Å². The monoisotopic (exact) mass is 540 g/mol. The number of amides is 2. The van der Waals surface area contributed by atoms with Crippen molar-refractivity contribution in [2.75, 3.05) is 0 Å². The van der Waals surface area contributed by atoms with Gasteiger partial charge in [-0.05, 0) is 40.3 Å². The van der Waals surface area contributed by atoms with E-state index in [1.807, 2.05) is 78.9 Å². The maximum Gasteiger partial charge on any atom is 0.278 e. The van der Waals surface area contributed by atoms with Gasteiger partial charge in [-0.25, -0.2) is 0 Å². The van der Waals surface area contributed by atoms with Gasteiger partial charge in [0.05, 0.1) is 17.8 Å². The summed E-state index contributed by atoms with van der Waals surface area (Å²) in [5, 5.41) is 0. The number of pyridine rings is 1. The number of nitrogens with zero attached hydrogens (tertiary/aromatic N) is 2. The first-order valence-electron chi connectivity index (χ1n) is 11.7. The van der Waals surface area contributed by atoms with Gasteiger partial charge in [-0.3, -0.25) is 23.9 Å². The van der Waals surface area contributed by atoms with Crippen molar-refractivity contribution in [3.8, 4) is 16.8 Å². The Kier molecular flexibility index (Phi) is 6.00. The highest BCUT2D eigenvalue weighted by molar-refractivity contribution is 9.10. The molecule has 0 spiro atoms. The van der Waals surface area contributed by atoms with Gasteiger partial charge < -0.3 is 0 Å². The fourth-order valence-electron chi connectivity index (χ4n) is 4.68. The molecule has 1 aliphatic heterocycles. The van der Waals surface area contributed by atoms with Crippen LogP contribution in [-0.2, 0) is 12.0 Å². The Morgan fingerprint density at radius 2 is 1.42 bits per heavy atom. The van der Waals surface area contributed by atoms with Gasteiger partial charge in [-0.15, -0.1) is 0 Å². The molecular formula is C30H25BrN2O3. The Morgan fingerprint density at radius 1 is 0.778 bits per heavy atom. The van der Waals surface area contributed by atoms with E-state index >= 15 is 0 Å². The molecule has 1 aromatic heterocycles. The van der Waals surface area contributed by atoms with Crippen molar-refractivity contribution < 1.29 is 9.59 Å². The van der Waals surface area contributed by atoms with Crippen LogP contribution in [0.3, 0.4) is 0 Å². The van der Waals surface area contributed by atoms with Gasteiger partial charge in [0.25, 0.3) is 17.4 Å². The average Bonchev–Trinajstić information content (AvgIpc) is 3.09. The van der Waals surface area contributed by atoms with Crippen LogP contribution in [0.5, 0.6) is 0 Å². The summed E-state index contributed by atoms with van der Waals surface area (Å²) in [5.74, 6) is -0.877. The third kappa shape index (κ3) is 4.11. The molecule has 0 radical (unpaired) electrons. The van der Waals surface area contributed by atoms with Crippen LogP contribution in [0.15, 0.2) is 94.2 Å². The van der Waals surface area contributed by atoms with E-state index in [1.54, 1.807) is 0 Å². The second-order valence-corrected chi connectivity index (χ2v) is 10.8. The topological polar surface area (TPSA) is 59.4 Å². The molecule has 180 valence electrons. The number of hydrogen-bond donors (Lipinski definition) is 0. The molecule has 36 heavy (non-hydrogen) atoms. The summed E-state index contributed by atoms with van der Waals surface area (Å²) >= 11 is 3.54. The summed E-state index contributed by atoms with van der Waals surface area (Å²) in [6.45, 7) is 6.28. The van der Waals surface area contributed by atoms with E-state index in [0.717, 1.165) is 15.6 Å². The van der Waals surface area contributed by atoms with Crippen LogP contribution in [0.4, 0.5) is 0 Å². The van der Waals surface area contributed by atoms with E-state index < -0.39 is 11.8 Å². The van der Waals surface area contributed by atoms with E-state index in [9.17, 15) is 14.4 Å². The molecule has 6 heteroatoms. The van der Waals surface area contributed by atoms with E-state index in [2.05, 4.69) is 36.7 Å². The number of hydrogen-bond acceptors (Lipinski definition) is 3. The molecule has 3 aromatic carbocycles. The number of imide groups is 1. The second kappa shape index (κ2) is 9.03. The standard InChI is InChI=1S/C30H25BrN2O3/c1-30(2,3)23-16-21(31)14-15-24(23)33-25(34)17-22(20-12-8-5-9-13-20)26-27(33)29(36)32(28(26)35)18-19-10-6-4-7-11-19/h4-17H,18H2,1-3H3. The summed E-state index contributed by atoms with van der Waals surface area (Å²) in [4.78, 5) is 42.7. The van der Waals surface area contributed by atoms with Crippen LogP contribution in [0, 0.1) is 0 Å². The molecule has 0 bridgehead atoms. The predicted octanol–water partition coefficient (Wildman–Crippen LogP) is 6.36. The van der Waals surface area contributed by atoms with Gasteiger partial charge in [-0.2, -0.15) is 0 Å². The molecule has 0 N–H and O–H groups in total. The van der Waals surface area contributed by atoms with Crippen molar-refractivity contribution in [3.05, 3.63) is 122 Å². The molecule has 0 saturated heterocycles. The molecule has 0 atom stereocenters. The quantitative estimate of drug-likeness (QED) is 0.283. The minimum atomic E-state index is -0.475. The minimum absolute atomic E-state index is 0.107. The number of halogens is 1. The zero-order chi connectivity index (χ0) is 25.6. The van der Waals surface area contributed by atoms with Crippen LogP contribution in [0.25, 0.3) is 16.8 Å². The van der Waals surface area contributed by atoms with E-state index in [1.165, 1.54) is 15.5 Å². The number of benzene rings is 3. The first kappa shape index (κ1) is 23.9. The molecule has 4 aromatic rings. The molecule has 5 nitrogen and oxygen atoms in total. The first-order chi connectivity index (χ1) is 17.2. The van der Waals surface area contributed by atoms with Gasteiger partial charge >= 0.3 is 0 Å². The van der Waals surface area contributed by atoms with Crippen molar-refractivity contribution in [2.45, 2.75) is 32.7 Å². The normalized spacial score (nSPS) is 13.3. The Balaban J connectivity index is 1.80. The predicted molar refractivity (Wildman–Crippen MR) is 145 cm³/mol. The van der Waals surface area contributed by atoms with Gasteiger partial charge in [0, 0.05) is 16.1 Å². The largest absolute Gasteiger partial charge is 0.278 e. The lowest BCUT2D eigenvalue weighted by Gasteiger charge is -2.25. The third-order valence-corrected chi connectivity index (χ3v) is 6.89. The molecule has 2 amide bonds. The number of carbonyl (C=O) groups is 2. The summed E-state index contributed by atoms with van der Waals surface area (Å²) in [6.07, 6.45) is 0. The highest BCUT2D eigenvalue weighted by atomic mass is 79.9. The Hall–Kier alpha value is -3.77. The smallest absolute Gasteiger partial charge is 0.271 e. The molecule has 0 fully saturated rings. The fraction of sp³-hybridized carbons (Fsp3) is 0.167. The van der Waals surface area contributed by atoms with Crippen molar-refractivity contribution in [1.29, 1.82) is 0 Å². The molecule has 5 rings (SSSR count). The molecule has 0 aliphatic carbocycles. The minimum Gasteiger partial charge on any atom is -0.271 e. The Labute approximate surface area is 218 Å². The lowest BCUT2D eigenvalue weighted by molar-refractivity contribution is 0.0639. The van der Waals surface area contributed by atoms with Crippen molar-refractivity contribution in [2.24, 2.45) is 0 Å². The average molecular weight is 541 g/mol. The molecular weight excluding hydrogens is 516 g/mol. The van der Waals surface area contributed by atoms with Crippen molar-refractivity contribution in [3.63, 3.8) is 0 Å². The maximum absolute atomic E-state index is 13.9. The summed E-state index contributed by atoms with van der Waals surface area (Å²) in [6, 6.07) is 25.7. The molecule has 1 aliphatic rings. The second-order valence-electron chi connectivity index (χ2n) is 9.91. The summed E-state index contributed by atoms with van der Waals surface area (Å²) < 4.78 is 2.29. The van der Waals surface area contributed by atoms with E-state index in [-0.39, 0.29) is 28.8 Å². The molecule has 0 saturated carbocycles. The third-order valence-electron chi connectivity index (χ3n) is 6.40. The van der Waals surface area contributed by atoms with Crippen LogP contribution in [0.1, 0.15) is 52.7 Å². The number of rotatable bonds is 4. The number of carbonyl (C=O) groups excluding carboxylic acids is 2. The van der Waals surface area contributed by atoms with E-state index in [0.29, 0.717) is 16.8 Å². The molecule has 2 heterocycles. The Morgan fingerprint density at radius 3 is 2.06 bits per heavy atom. The fourth-order valence-corrected chi connectivity index (χ4v) is 5.04. The highest BCUT2D eigenvalue weighted by Gasteiger charge is 2.41. The highest BCUT2D eigenvalue weighted by Crippen LogP contribution is 2.36. The zero-order valence-corrected chi connectivity index (χ0v) is 21.9. The van der Waals surface area contributed by atoms with Crippen molar-refractivity contribution in [1.82, 2.24) is 9.47 Å². The lowest BCUT2D eigenvalue weighted by Crippen LogP contribution is -2.31. The van der Waals surface area contributed by atoms with Gasteiger partial charge in [-0.1, -0.05) is 97.4 Å². The molecule has 0 unspecified atom stereocenters. The van der Waals surface area contributed by atoms with Gasteiger partial charge in [0.2, 0.25) is 0 Å². The zero-order valence-electron chi connectivity index (χ0n) is 20.3. The first-order valence-corrected chi connectivity index (χ1v) is 12.5.